The minimum atomic E-state index is 0.928. The maximum atomic E-state index is 2.50. The molecule has 1 aliphatic carbocycles. The number of nitrogens with zero attached hydrogens (tertiary/aromatic N) is 2. The normalized spacial score (nSPS) is 12.3. The summed E-state index contributed by atoms with van der Waals surface area (Å²) in [5.41, 5.74) is 15.8. The topological polar surface area (TPSA) is 6.48 Å². The fourth-order valence-electron chi connectivity index (χ4n) is 9.40. The highest BCUT2D eigenvalue weighted by molar-refractivity contribution is 7.25. The lowest BCUT2D eigenvalue weighted by Crippen LogP contribution is -2.18. The molecule has 0 aliphatic heterocycles. The highest BCUT2D eigenvalue weighted by Gasteiger charge is 2.24. The SMILES string of the molecule is C1=C(N(c2ccc(-c3ccccc3)cc2)c2ccc3sc4ccccc4c3c2)CCc2c1sc1ccc(N(c3ccc(-c4ccccc4)cc3)c3ccc(-c4ccccc4)cc3)cc21. The molecule has 2 aromatic heterocycles. The van der Waals surface area contributed by atoms with Crippen LogP contribution in [0.3, 0.4) is 0 Å². The lowest BCUT2D eigenvalue weighted by Gasteiger charge is -2.30. The monoisotopic (exact) mass is 854 g/mol. The molecule has 11 aromatic rings. The lowest BCUT2D eigenvalue weighted by molar-refractivity contribution is 0.906. The summed E-state index contributed by atoms with van der Waals surface area (Å²) in [4.78, 5) is 6.24. The largest absolute Gasteiger partial charge is 0.314 e. The summed E-state index contributed by atoms with van der Waals surface area (Å²) < 4.78 is 3.96. The first kappa shape index (κ1) is 38.2. The van der Waals surface area contributed by atoms with Gasteiger partial charge in [-0.1, -0.05) is 146 Å². The number of allylic oxidation sites excluding steroid dienone is 1. The van der Waals surface area contributed by atoms with E-state index in [1.807, 2.05) is 22.7 Å². The van der Waals surface area contributed by atoms with E-state index in [1.165, 1.54) is 91.2 Å². The molecule has 2 nitrogen and oxygen atoms in total. The molecule has 0 fully saturated rings. The van der Waals surface area contributed by atoms with Gasteiger partial charge in [0.15, 0.2) is 0 Å². The third-order valence-electron chi connectivity index (χ3n) is 12.6. The molecule has 12 rings (SSSR count). The Morgan fingerprint density at radius 1 is 0.297 bits per heavy atom. The summed E-state index contributed by atoms with van der Waals surface area (Å²) in [5, 5.41) is 3.96. The van der Waals surface area contributed by atoms with Crippen LogP contribution in [0, 0.1) is 0 Å². The molecule has 0 saturated heterocycles. The number of fused-ring (bicyclic) bond motifs is 6. The van der Waals surface area contributed by atoms with Gasteiger partial charge in [-0.2, -0.15) is 0 Å². The highest BCUT2D eigenvalue weighted by Crippen LogP contribution is 2.46. The second kappa shape index (κ2) is 16.3. The molecule has 0 radical (unpaired) electrons. The molecular weight excluding hydrogens is 813 g/mol. The van der Waals surface area contributed by atoms with E-state index in [9.17, 15) is 0 Å². The second-order valence-electron chi connectivity index (χ2n) is 16.4. The fourth-order valence-corrected chi connectivity index (χ4v) is 11.7. The molecule has 64 heavy (non-hydrogen) atoms. The van der Waals surface area contributed by atoms with E-state index >= 15 is 0 Å². The summed E-state index contributed by atoms with van der Waals surface area (Å²) >= 11 is 3.78. The van der Waals surface area contributed by atoms with Crippen molar-refractivity contribution in [3.05, 3.63) is 241 Å². The van der Waals surface area contributed by atoms with Crippen LogP contribution in [-0.4, -0.2) is 0 Å². The van der Waals surface area contributed by atoms with E-state index in [0.29, 0.717) is 0 Å². The number of thiophene rings is 2. The van der Waals surface area contributed by atoms with Crippen molar-refractivity contribution >= 4 is 87.4 Å². The van der Waals surface area contributed by atoms with Gasteiger partial charge >= 0.3 is 0 Å². The van der Waals surface area contributed by atoms with Crippen LogP contribution in [0.4, 0.5) is 28.4 Å². The van der Waals surface area contributed by atoms with Crippen LogP contribution in [0.2, 0.25) is 0 Å². The number of anilines is 5. The molecule has 0 saturated carbocycles. The average Bonchev–Trinajstić information content (AvgIpc) is 3.93. The Morgan fingerprint density at radius 3 is 1.25 bits per heavy atom. The fraction of sp³-hybridized carbons (Fsp3) is 0.0333. The van der Waals surface area contributed by atoms with Crippen molar-refractivity contribution < 1.29 is 0 Å². The number of benzene rings is 9. The van der Waals surface area contributed by atoms with Crippen LogP contribution in [0.1, 0.15) is 16.9 Å². The number of rotatable bonds is 9. The maximum absolute atomic E-state index is 2.50. The zero-order chi connectivity index (χ0) is 42.4. The van der Waals surface area contributed by atoms with Gasteiger partial charge in [0, 0.05) is 63.9 Å². The van der Waals surface area contributed by atoms with E-state index in [-0.39, 0.29) is 0 Å². The van der Waals surface area contributed by atoms with Crippen LogP contribution in [-0.2, 0) is 6.42 Å². The molecular formula is C60H42N2S2. The molecule has 2 heterocycles. The average molecular weight is 855 g/mol. The first-order chi connectivity index (χ1) is 31.7. The molecule has 4 heteroatoms. The number of hydrogen-bond donors (Lipinski definition) is 0. The van der Waals surface area contributed by atoms with Crippen molar-refractivity contribution in [2.24, 2.45) is 0 Å². The Morgan fingerprint density at radius 2 is 0.703 bits per heavy atom. The maximum Gasteiger partial charge on any atom is 0.0468 e. The van der Waals surface area contributed by atoms with Gasteiger partial charge in [0.05, 0.1) is 0 Å². The van der Waals surface area contributed by atoms with E-state index in [4.69, 9.17) is 0 Å². The van der Waals surface area contributed by atoms with Crippen molar-refractivity contribution in [1.29, 1.82) is 0 Å². The van der Waals surface area contributed by atoms with Crippen molar-refractivity contribution in [2.45, 2.75) is 12.8 Å². The first-order valence-electron chi connectivity index (χ1n) is 21.9. The van der Waals surface area contributed by atoms with Crippen LogP contribution in [0.15, 0.2) is 230 Å². The van der Waals surface area contributed by atoms with Crippen molar-refractivity contribution in [3.8, 4) is 33.4 Å². The predicted molar refractivity (Wildman–Crippen MR) is 277 cm³/mol. The Labute approximate surface area is 381 Å². The Balaban J connectivity index is 0.946. The minimum absolute atomic E-state index is 0.928. The number of hydrogen-bond acceptors (Lipinski definition) is 4. The van der Waals surface area contributed by atoms with E-state index in [0.717, 1.165) is 29.9 Å². The van der Waals surface area contributed by atoms with E-state index in [2.05, 4.69) is 240 Å². The van der Waals surface area contributed by atoms with Gasteiger partial charge in [-0.05, 0) is 142 Å². The molecule has 1 aliphatic rings. The van der Waals surface area contributed by atoms with Gasteiger partial charge in [0.1, 0.15) is 0 Å². The molecule has 0 spiro atoms. The van der Waals surface area contributed by atoms with Crippen molar-refractivity contribution in [2.75, 3.05) is 9.80 Å². The molecule has 0 amide bonds. The van der Waals surface area contributed by atoms with Crippen LogP contribution in [0.25, 0.3) is 69.7 Å². The minimum Gasteiger partial charge on any atom is -0.314 e. The Hall–Kier alpha value is -7.50. The summed E-state index contributed by atoms with van der Waals surface area (Å²) in [5.74, 6) is 0. The second-order valence-corrected chi connectivity index (χ2v) is 18.6. The summed E-state index contributed by atoms with van der Waals surface area (Å²) in [6.07, 6.45) is 4.36. The van der Waals surface area contributed by atoms with Crippen LogP contribution in [0.5, 0.6) is 0 Å². The van der Waals surface area contributed by atoms with Gasteiger partial charge < -0.3 is 9.80 Å². The third-order valence-corrected chi connectivity index (χ3v) is 14.9. The molecule has 304 valence electrons. The Bertz CT molecular complexity index is 3380. The van der Waals surface area contributed by atoms with E-state index < -0.39 is 0 Å². The van der Waals surface area contributed by atoms with Gasteiger partial charge in [-0.3, -0.25) is 0 Å². The van der Waals surface area contributed by atoms with Crippen molar-refractivity contribution in [3.63, 3.8) is 0 Å². The summed E-state index contributed by atoms with van der Waals surface area (Å²) in [7, 11) is 0. The van der Waals surface area contributed by atoms with Crippen molar-refractivity contribution in [1.82, 2.24) is 0 Å². The molecule has 0 unspecified atom stereocenters. The van der Waals surface area contributed by atoms with Crippen LogP contribution < -0.4 is 9.80 Å². The zero-order valence-corrected chi connectivity index (χ0v) is 36.7. The first-order valence-corrected chi connectivity index (χ1v) is 23.6. The standard InChI is InChI=1S/C60H42N2S2/c1-4-12-41(13-5-1)44-20-26-47(27-21-44)61(48-28-22-45(23-29-48)42-14-6-2-7-15-42)50-33-37-59-56(38-50)54-35-32-52(40-60(54)64-59)62(49-30-24-46(25-31-49)43-16-8-3-9-17-43)51-34-36-58-55(39-51)53-18-10-11-19-57(53)63-58/h1-31,33-34,36-40H,32,35H2. The smallest absolute Gasteiger partial charge is 0.0468 e. The van der Waals surface area contributed by atoms with Gasteiger partial charge in [0.2, 0.25) is 0 Å². The van der Waals surface area contributed by atoms with Gasteiger partial charge in [0.25, 0.3) is 0 Å². The Kier molecular flexibility index (Phi) is 9.74. The summed E-state index contributed by atoms with van der Waals surface area (Å²) in [6, 6.07) is 81.9. The van der Waals surface area contributed by atoms with Gasteiger partial charge in [-0.25, -0.2) is 0 Å². The number of aryl methyl sites for hydroxylation is 1. The molecule has 9 aromatic carbocycles. The molecule has 0 N–H and O–H groups in total. The molecule has 0 bridgehead atoms. The predicted octanol–water partition coefficient (Wildman–Crippen LogP) is 17.9. The van der Waals surface area contributed by atoms with E-state index in [1.54, 1.807) is 0 Å². The van der Waals surface area contributed by atoms with Crippen LogP contribution >= 0.6 is 22.7 Å². The van der Waals surface area contributed by atoms with Gasteiger partial charge in [-0.15, -0.1) is 22.7 Å². The third kappa shape index (κ3) is 7.07. The highest BCUT2D eigenvalue weighted by atomic mass is 32.1. The summed E-state index contributed by atoms with van der Waals surface area (Å²) in [6.45, 7) is 0. The molecule has 0 atom stereocenters. The lowest BCUT2D eigenvalue weighted by atomic mass is 9.96. The quantitative estimate of drug-likeness (QED) is 0.143. The zero-order valence-electron chi connectivity index (χ0n) is 35.1.